The number of anilines is 2. The molecule has 13 heteroatoms. The van der Waals surface area contributed by atoms with E-state index in [4.69, 9.17) is 11.6 Å². The summed E-state index contributed by atoms with van der Waals surface area (Å²) in [6, 6.07) is 18.5. The maximum Gasteiger partial charge on any atom is 0.425 e. The average molecular weight is 637 g/mol. The van der Waals surface area contributed by atoms with E-state index in [0.717, 1.165) is 5.01 Å². The summed E-state index contributed by atoms with van der Waals surface area (Å²) in [6.45, 7) is 3.41. The number of carbonyl (C=O) groups excluding carboxylic acids is 3. The Bertz CT molecular complexity index is 1670. The highest BCUT2D eigenvalue weighted by molar-refractivity contribution is 9.10. The Labute approximate surface area is 249 Å². The highest BCUT2D eigenvalue weighted by Gasteiger charge is 2.32. The first-order chi connectivity index (χ1) is 19.7. The summed E-state index contributed by atoms with van der Waals surface area (Å²) in [7, 11) is 1.17. The van der Waals surface area contributed by atoms with Crippen molar-refractivity contribution >= 4 is 56.8 Å². The molecule has 4 rings (SSSR count). The lowest BCUT2D eigenvalue weighted by Crippen LogP contribution is -2.46. The van der Waals surface area contributed by atoms with E-state index in [1.807, 2.05) is 6.07 Å². The summed E-state index contributed by atoms with van der Waals surface area (Å²) < 4.78 is 6.31. The molecule has 0 bridgehead atoms. The molecule has 0 fully saturated rings. The van der Waals surface area contributed by atoms with Crippen LogP contribution < -0.4 is 10.3 Å². The number of amides is 3. The van der Waals surface area contributed by atoms with Gasteiger partial charge in [-0.2, -0.15) is 10.4 Å². The molecule has 0 radical (unpaired) electrons. The second kappa shape index (κ2) is 12.6. The van der Waals surface area contributed by atoms with Crippen molar-refractivity contribution in [3.8, 4) is 11.9 Å². The van der Waals surface area contributed by atoms with Crippen LogP contribution in [0, 0.1) is 18.3 Å². The number of rotatable bonds is 6. The van der Waals surface area contributed by atoms with Crippen LogP contribution in [0.1, 0.15) is 38.9 Å². The molecular weight excluding hydrogens is 614 g/mol. The van der Waals surface area contributed by atoms with Gasteiger partial charge in [0.05, 0.1) is 35.0 Å². The van der Waals surface area contributed by atoms with Gasteiger partial charge < -0.3 is 4.74 Å². The van der Waals surface area contributed by atoms with E-state index in [1.165, 1.54) is 35.0 Å². The molecule has 1 N–H and O–H groups in total. The maximum atomic E-state index is 14.5. The fraction of sp³-hybridized carbons (Fsp3) is 0.143. The zero-order valence-corrected chi connectivity index (χ0v) is 24.5. The van der Waals surface area contributed by atoms with Gasteiger partial charge >= 0.3 is 6.09 Å². The molecule has 208 valence electrons. The van der Waals surface area contributed by atoms with Crippen molar-refractivity contribution in [3.05, 3.63) is 98.9 Å². The van der Waals surface area contributed by atoms with E-state index in [2.05, 4.69) is 36.2 Å². The molecule has 0 unspecified atom stereocenters. The summed E-state index contributed by atoms with van der Waals surface area (Å²) in [6.07, 6.45) is 0.668. The van der Waals surface area contributed by atoms with Crippen LogP contribution >= 0.6 is 27.5 Å². The molecule has 41 heavy (non-hydrogen) atoms. The normalized spacial score (nSPS) is 10.4. The molecule has 3 amide bonds. The number of hydrogen-bond acceptors (Lipinski definition) is 7. The second-order valence-corrected chi connectivity index (χ2v) is 9.72. The lowest BCUT2D eigenvalue weighted by atomic mass is 10.0. The van der Waals surface area contributed by atoms with Crippen molar-refractivity contribution in [1.29, 1.82) is 5.26 Å². The van der Waals surface area contributed by atoms with Gasteiger partial charge in [0, 0.05) is 24.5 Å². The van der Waals surface area contributed by atoms with Crippen LogP contribution in [-0.4, -0.2) is 51.3 Å². The SMILES string of the molecule is CCN(NC(=O)OC)C(=O)c1cc(C#N)cc(C)c1N(C(=O)c1cc(Br)nn1-c1ncccc1Cl)c1ccccc1. The van der Waals surface area contributed by atoms with Gasteiger partial charge in [-0.3, -0.25) is 14.5 Å². The average Bonchev–Trinajstić information content (AvgIpc) is 3.37. The fourth-order valence-electron chi connectivity index (χ4n) is 4.12. The number of methoxy groups -OCH3 is 1. The third kappa shape index (κ3) is 6.06. The van der Waals surface area contributed by atoms with Crippen molar-refractivity contribution in [2.75, 3.05) is 18.6 Å². The molecule has 2 aromatic carbocycles. The summed E-state index contributed by atoms with van der Waals surface area (Å²) in [5.74, 6) is -1.00. The number of carbonyl (C=O) groups is 3. The number of nitrogens with one attached hydrogen (secondary N) is 1. The third-order valence-electron chi connectivity index (χ3n) is 5.91. The van der Waals surface area contributed by atoms with Crippen LogP contribution in [0.3, 0.4) is 0 Å². The van der Waals surface area contributed by atoms with Crippen LogP contribution in [0.25, 0.3) is 5.82 Å². The van der Waals surface area contributed by atoms with Crippen LogP contribution in [0.2, 0.25) is 5.02 Å². The minimum atomic E-state index is -0.855. The van der Waals surface area contributed by atoms with Gasteiger partial charge in [-0.1, -0.05) is 29.8 Å². The number of halogens is 2. The monoisotopic (exact) mass is 635 g/mol. The minimum Gasteiger partial charge on any atom is -0.452 e. The number of aryl methyl sites for hydroxylation is 1. The van der Waals surface area contributed by atoms with E-state index < -0.39 is 17.9 Å². The van der Waals surface area contributed by atoms with Crippen molar-refractivity contribution < 1.29 is 19.1 Å². The van der Waals surface area contributed by atoms with Gasteiger partial charge in [0.1, 0.15) is 10.3 Å². The number of nitriles is 1. The summed E-state index contributed by atoms with van der Waals surface area (Å²) in [5.41, 5.74) is 3.74. The zero-order chi connectivity index (χ0) is 29.7. The molecule has 0 aliphatic rings. The second-order valence-electron chi connectivity index (χ2n) is 8.50. The lowest BCUT2D eigenvalue weighted by Gasteiger charge is -2.29. The molecule has 11 nitrogen and oxygen atoms in total. The van der Waals surface area contributed by atoms with E-state index in [9.17, 15) is 19.6 Å². The van der Waals surface area contributed by atoms with Crippen LogP contribution in [0.4, 0.5) is 16.2 Å². The Morgan fingerprint density at radius 1 is 1.12 bits per heavy atom. The summed E-state index contributed by atoms with van der Waals surface area (Å²) in [5, 5.41) is 15.4. The molecule has 4 aromatic rings. The summed E-state index contributed by atoms with van der Waals surface area (Å²) in [4.78, 5) is 46.0. The number of hydrazine groups is 1. The van der Waals surface area contributed by atoms with E-state index in [-0.39, 0.29) is 39.9 Å². The maximum absolute atomic E-state index is 14.5. The van der Waals surface area contributed by atoms with Gasteiger partial charge in [-0.25, -0.2) is 24.9 Å². The smallest absolute Gasteiger partial charge is 0.425 e. The first-order valence-electron chi connectivity index (χ1n) is 12.2. The first-order valence-corrected chi connectivity index (χ1v) is 13.3. The number of para-hydroxylation sites is 1. The molecule has 0 atom stereocenters. The minimum absolute atomic E-state index is 0.00185. The van der Waals surface area contributed by atoms with Gasteiger partial charge in [-0.05, 0) is 71.7 Å². The van der Waals surface area contributed by atoms with Crippen molar-refractivity contribution in [2.24, 2.45) is 0 Å². The van der Waals surface area contributed by atoms with Crippen LogP contribution in [-0.2, 0) is 4.74 Å². The van der Waals surface area contributed by atoms with Crippen molar-refractivity contribution in [1.82, 2.24) is 25.2 Å². The molecule has 0 saturated carbocycles. The predicted octanol–water partition coefficient (Wildman–Crippen LogP) is 5.57. The third-order valence-corrected chi connectivity index (χ3v) is 6.59. The fourth-order valence-corrected chi connectivity index (χ4v) is 4.69. The predicted molar refractivity (Wildman–Crippen MR) is 155 cm³/mol. The molecule has 2 aromatic heterocycles. The largest absolute Gasteiger partial charge is 0.452 e. The number of ether oxygens (including phenoxy) is 1. The molecular formula is C28H23BrClN7O4. The van der Waals surface area contributed by atoms with Gasteiger partial charge in [-0.15, -0.1) is 0 Å². The standard InChI is InChI=1S/C28H23BrClN7O4/c1-4-35(34-28(40)41-3)26(38)20-14-18(16-31)13-17(2)24(20)36(19-9-6-5-7-10-19)27(39)22-15-23(29)33-37(22)25-21(30)11-8-12-32-25/h5-15H,4H2,1-3H3,(H,34,40). The number of benzene rings is 2. The van der Waals surface area contributed by atoms with E-state index in [1.54, 1.807) is 62.4 Å². The number of nitrogens with zero attached hydrogens (tertiary/aromatic N) is 6. The van der Waals surface area contributed by atoms with E-state index in [0.29, 0.717) is 15.9 Å². The Morgan fingerprint density at radius 3 is 2.49 bits per heavy atom. The Kier molecular flexibility index (Phi) is 9.01. The van der Waals surface area contributed by atoms with Gasteiger partial charge in [0.2, 0.25) is 0 Å². The molecule has 0 aliphatic heterocycles. The molecule has 0 spiro atoms. The number of aromatic nitrogens is 3. The topological polar surface area (TPSA) is 133 Å². The zero-order valence-electron chi connectivity index (χ0n) is 22.1. The highest BCUT2D eigenvalue weighted by Crippen LogP contribution is 2.36. The van der Waals surface area contributed by atoms with Crippen molar-refractivity contribution in [3.63, 3.8) is 0 Å². The van der Waals surface area contributed by atoms with Gasteiger partial charge in [0.15, 0.2) is 5.82 Å². The lowest BCUT2D eigenvalue weighted by molar-refractivity contribution is 0.0644. The number of pyridine rings is 1. The van der Waals surface area contributed by atoms with Crippen molar-refractivity contribution in [2.45, 2.75) is 13.8 Å². The van der Waals surface area contributed by atoms with Gasteiger partial charge in [0.25, 0.3) is 11.8 Å². The quantitative estimate of drug-likeness (QED) is 0.273. The van der Waals surface area contributed by atoms with E-state index >= 15 is 0 Å². The number of hydrogen-bond donors (Lipinski definition) is 1. The molecule has 0 aliphatic carbocycles. The highest BCUT2D eigenvalue weighted by atomic mass is 79.9. The summed E-state index contributed by atoms with van der Waals surface area (Å²) >= 11 is 9.74. The molecule has 2 heterocycles. The van der Waals surface area contributed by atoms with Crippen LogP contribution in [0.5, 0.6) is 0 Å². The first kappa shape index (κ1) is 29.3. The molecule has 0 saturated heterocycles. The Morgan fingerprint density at radius 2 is 1.85 bits per heavy atom. The Hall–Kier alpha value is -4.73. The van der Waals surface area contributed by atoms with Crippen LogP contribution in [0.15, 0.2) is 71.5 Å². The Balaban J connectivity index is 1.97.